The third-order valence-electron chi connectivity index (χ3n) is 3.73. The SMILES string of the molecule is OCCN(CCO)Cc1cc(O)c(CN(CCO)CCO)cc1O. The van der Waals surface area contributed by atoms with Gasteiger partial charge < -0.3 is 30.6 Å². The van der Waals surface area contributed by atoms with E-state index in [4.69, 9.17) is 20.4 Å². The van der Waals surface area contributed by atoms with Crippen molar-refractivity contribution in [2.24, 2.45) is 0 Å². The molecule has 6 N–H and O–H groups in total. The van der Waals surface area contributed by atoms with Gasteiger partial charge >= 0.3 is 0 Å². The topological polar surface area (TPSA) is 128 Å². The molecule has 0 atom stereocenters. The maximum absolute atomic E-state index is 10.2. The fraction of sp³-hybridized carbons (Fsp3) is 0.625. The minimum absolute atomic E-state index is 0.0108. The third kappa shape index (κ3) is 6.60. The summed E-state index contributed by atoms with van der Waals surface area (Å²) in [7, 11) is 0. The van der Waals surface area contributed by atoms with Gasteiger partial charge in [0.2, 0.25) is 0 Å². The van der Waals surface area contributed by atoms with Crippen LogP contribution in [0.5, 0.6) is 11.5 Å². The van der Waals surface area contributed by atoms with Crippen LogP contribution in [-0.4, -0.2) is 93.0 Å². The van der Waals surface area contributed by atoms with Gasteiger partial charge in [-0.25, -0.2) is 0 Å². The summed E-state index contributed by atoms with van der Waals surface area (Å²) in [6, 6.07) is 2.92. The number of aliphatic hydroxyl groups is 4. The standard InChI is InChI=1S/C16H28N2O6/c19-5-1-17(2-6-20)11-13-9-16(24)14(10-15(13)23)12-18(3-7-21)4-8-22/h9-10,19-24H,1-8,11-12H2. The number of rotatable bonds is 12. The Kier molecular flexibility index (Phi) is 9.62. The van der Waals surface area contributed by atoms with Crippen molar-refractivity contribution in [3.8, 4) is 11.5 Å². The number of aromatic hydroxyl groups is 2. The molecule has 0 unspecified atom stereocenters. The van der Waals surface area contributed by atoms with Gasteiger partial charge in [-0.1, -0.05) is 0 Å². The highest BCUT2D eigenvalue weighted by atomic mass is 16.3. The van der Waals surface area contributed by atoms with E-state index in [0.717, 1.165) is 0 Å². The number of hydrogen-bond acceptors (Lipinski definition) is 8. The molecule has 0 aliphatic heterocycles. The highest BCUT2D eigenvalue weighted by Gasteiger charge is 2.14. The lowest BCUT2D eigenvalue weighted by Gasteiger charge is -2.23. The Bertz CT molecular complexity index is 430. The minimum Gasteiger partial charge on any atom is -0.508 e. The van der Waals surface area contributed by atoms with Crippen LogP contribution in [0.3, 0.4) is 0 Å². The Morgan fingerprint density at radius 2 is 0.875 bits per heavy atom. The molecule has 8 nitrogen and oxygen atoms in total. The number of phenolic OH excluding ortho intramolecular Hbond substituents is 2. The van der Waals surface area contributed by atoms with Crippen LogP contribution in [0.4, 0.5) is 0 Å². The van der Waals surface area contributed by atoms with Crippen molar-refractivity contribution in [2.45, 2.75) is 13.1 Å². The van der Waals surface area contributed by atoms with E-state index >= 15 is 0 Å². The molecule has 8 heteroatoms. The molecule has 0 aliphatic carbocycles. The first-order chi connectivity index (χ1) is 11.5. The molecule has 1 aromatic rings. The predicted molar refractivity (Wildman–Crippen MR) is 88.7 cm³/mol. The second kappa shape index (κ2) is 11.2. The van der Waals surface area contributed by atoms with E-state index in [9.17, 15) is 10.2 Å². The van der Waals surface area contributed by atoms with E-state index in [1.54, 1.807) is 9.80 Å². The lowest BCUT2D eigenvalue weighted by molar-refractivity contribution is 0.153. The summed E-state index contributed by atoms with van der Waals surface area (Å²) in [4.78, 5) is 3.52. The van der Waals surface area contributed by atoms with Gasteiger partial charge in [-0.15, -0.1) is 0 Å². The fourth-order valence-electron chi connectivity index (χ4n) is 2.50. The maximum atomic E-state index is 10.2. The smallest absolute Gasteiger partial charge is 0.120 e. The zero-order valence-electron chi connectivity index (χ0n) is 13.8. The Balaban J connectivity index is 2.87. The van der Waals surface area contributed by atoms with Crippen molar-refractivity contribution < 1.29 is 30.6 Å². The molecular formula is C16H28N2O6. The van der Waals surface area contributed by atoms with Crippen LogP contribution in [0.25, 0.3) is 0 Å². The van der Waals surface area contributed by atoms with E-state index in [1.807, 2.05) is 0 Å². The van der Waals surface area contributed by atoms with E-state index < -0.39 is 0 Å². The minimum atomic E-state index is -0.0674. The van der Waals surface area contributed by atoms with Crippen LogP contribution >= 0.6 is 0 Å². The molecule has 0 amide bonds. The number of hydrogen-bond donors (Lipinski definition) is 6. The lowest BCUT2D eigenvalue weighted by Crippen LogP contribution is -2.30. The molecule has 0 heterocycles. The maximum Gasteiger partial charge on any atom is 0.120 e. The summed E-state index contributed by atoms with van der Waals surface area (Å²) in [6.07, 6.45) is 0. The van der Waals surface area contributed by atoms with Gasteiger partial charge in [0.05, 0.1) is 26.4 Å². The predicted octanol–water partition coefficient (Wildman–Crippen LogP) is -1.33. The first-order valence-corrected chi connectivity index (χ1v) is 7.97. The molecule has 0 aromatic heterocycles. The fourth-order valence-corrected chi connectivity index (χ4v) is 2.50. The molecule has 1 aromatic carbocycles. The summed E-state index contributed by atoms with van der Waals surface area (Å²) in [5, 5.41) is 56.5. The zero-order chi connectivity index (χ0) is 17.9. The van der Waals surface area contributed by atoms with Crippen molar-refractivity contribution >= 4 is 0 Å². The molecule has 24 heavy (non-hydrogen) atoms. The Morgan fingerprint density at radius 1 is 0.583 bits per heavy atom. The van der Waals surface area contributed by atoms with Crippen molar-refractivity contribution in [3.63, 3.8) is 0 Å². The third-order valence-corrected chi connectivity index (χ3v) is 3.73. The van der Waals surface area contributed by atoms with Crippen LogP contribution < -0.4 is 0 Å². The largest absolute Gasteiger partial charge is 0.508 e. The highest BCUT2D eigenvalue weighted by molar-refractivity contribution is 5.45. The molecular weight excluding hydrogens is 316 g/mol. The van der Waals surface area contributed by atoms with Gasteiger partial charge in [-0.2, -0.15) is 0 Å². The van der Waals surface area contributed by atoms with Crippen molar-refractivity contribution in [3.05, 3.63) is 23.3 Å². The molecule has 0 saturated heterocycles. The van der Waals surface area contributed by atoms with E-state index in [1.165, 1.54) is 12.1 Å². The summed E-state index contributed by atoms with van der Waals surface area (Å²) in [5.74, 6) is 0.0215. The molecule has 0 bridgehead atoms. The summed E-state index contributed by atoms with van der Waals surface area (Å²) in [5.41, 5.74) is 0.989. The van der Waals surface area contributed by atoms with Gasteiger partial charge in [0.25, 0.3) is 0 Å². The van der Waals surface area contributed by atoms with Crippen LogP contribution in [0.1, 0.15) is 11.1 Å². The van der Waals surface area contributed by atoms with Crippen molar-refractivity contribution in [2.75, 3.05) is 52.6 Å². The number of benzene rings is 1. The molecule has 0 spiro atoms. The molecule has 0 saturated carbocycles. The van der Waals surface area contributed by atoms with Crippen LogP contribution in [-0.2, 0) is 13.1 Å². The van der Waals surface area contributed by atoms with E-state index in [2.05, 4.69) is 0 Å². The highest BCUT2D eigenvalue weighted by Crippen LogP contribution is 2.29. The Morgan fingerprint density at radius 3 is 1.12 bits per heavy atom. The number of phenols is 2. The molecule has 0 radical (unpaired) electrons. The summed E-state index contributed by atoms with van der Waals surface area (Å²) in [6.45, 7) is 1.71. The van der Waals surface area contributed by atoms with E-state index in [0.29, 0.717) is 37.3 Å². The second-order valence-electron chi connectivity index (χ2n) is 5.56. The molecule has 138 valence electrons. The van der Waals surface area contributed by atoms with Crippen LogP contribution in [0, 0.1) is 0 Å². The van der Waals surface area contributed by atoms with Crippen molar-refractivity contribution in [1.82, 2.24) is 9.80 Å². The first kappa shape index (κ1) is 20.6. The van der Waals surface area contributed by atoms with E-state index in [-0.39, 0.29) is 51.0 Å². The van der Waals surface area contributed by atoms with Crippen LogP contribution in [0.15, 0.2) is 12.1 Å². The second-order valence-corrected chi connectivity index (χ2v) is 5.56. The van der Waals surface area contributed by atoms with Gasteiger partial charge in [-0.05, 0) is 12.1 Å². The molecule has 1 rings (SSSR count). The number of aliphatic hydroxyl groups excluding tert-OH is 4. The molecule has 0 fully saturated rings. The lowest BCUT2D eigenvalue weighted by atomic mass is 10.1. The number of nitrogens with zero attached hydrogens (tertiary/aromatic N) is 2. The average Bonchev–Trinajstić information content (AvgIpc) is 2.53. The van der Waals surface area contributed by atoms with Gasteiger partial charge in [-0.3, -0.25) is 9.80 Å². The van der Waals surface area contributed by atoms with Gasteiger partial charge in [0.15, 0.2) is 0 Å². The Hall–Kier alpha value is -1.42. The van der Waals surface area contributed by atoms with Gasteiger partial charge in [0, 0.05) is 50.4 Å². The zero-order valence-corrected chi connectivity index (χ0v) is 13.8. The Labute approximate surface area is 141 Å². The first-order valence-electron chi connectivity index (χ1n) is 7.97. The van der Waals surface area contributed by atoms with Gasteiger partial charge in [0.1, 0.15) is 11.5 Å². The normalized spacial score (nSPS) is 11.6. The quantitative estimate of drug-likeness (QED) is 0.258. The van der Waals surface area contributed by atoms with Crippen LogP contribution in [0.2, 0.25) is 0 Å². The summed E-state index contributed by atoms with van der Waals surface area (Å²) >= 11 is 0. The molecule has 0 aliphatic rings. The van der Waals surface area contributed by atoms with Crippen molar-refractivity contribution in [1.29, 1.82) is 0 Å². The summed E-state index contributed by atoms with van der Waals surface area (Å²) < 4.78 is 0. The monoisotopic (exact) mass is 344 g/mol. The average molecular weight is 344 g/mol.